The second kappa shape index (κ2) is 3.74. The fourth-order valence-corrected chi connectivity index (χ4v) is 1.77. The van der Waals surface area contributed by atoms with Gasteiger partial charge in [-0.15, -0.1) is 0 Å². The molecule has 0 atom stereocenters. The first-order valence-electron chi connectivity index (χ1n) is 2.70. The summed E-state index contributed by atoms with van der Waals surface area (Å²) in [5.74, 6) is 0. The molecule has 0 aromatic heterocycles. The number of benzene rings is 1. The van der Waals surface area contributed by atoms with E-state index >= 15 is 0 Å². The van der Waals surface area contributed by atoms with Crippen molar-refractivity contribution in [3.63, 3.8) is 0 Å². The van der Waals surface area contributed by atoms with Gasteiger partial charge in [0, 0.05) is 3.57 Å². The third-order valence-corrected chi connectivity index (χ3v) is 4.24. The van der Waals surface area contributed by atoms with E-state index in [1.807, 2.05) is 12.1 Å². The largest absolute Gasteiger partial charge is 0.192 e. The lowest BCUT2D eigenvalue weighted by Crippen LogP contribution is -1.81. The molecule has 0 bridgehead atoms. The molecule has 0 aliphatic rings. The van der Waals surface area contributed by atoms with Crippen molar-refractivity contribution in [2.75, 3.05) is 0 Å². The van der Waals surface area contributed by atoms with Gasteiger partial charge < -0.3 is 0 Å². The molecule has 56 valence electrons. The first-order chi connectivity index (χ1) is 5.16. The fraction of sp³-hybridized carbons (Fsp3) is 0. The van der Waals surface area contributed by atoms with Crippen molar-refractivity contribution in [3.05, 3.63) is 30.8 Å². The maximum absolute atomic E-state index is 8.58. The Bertz CT molecular complexity index is 332. The zero-order chi connectivity index (χ0) is 8.43. The van der Waals surface area contributed by atoms with Crippen LogP contribution in [0.5, 0.6) is 0 Å². The van der Waals surface area contributed by atoms with Crippen LogP contribution in [0.15, 0.2) is 16.6 Å². The minimum absolute atomic E-state index is 0.486. The van der Waals surface area contributed by atoms with Crippen LogP contribution in [-0.4, -0.2) is 0 Å². The fourth-order valence-electron chi connectivity index (χ4n) is 0.612. The van der Waals surface area contributed by atoms with Gasteiger partial charge in [-0.05, 0) is 50.7 Å². The number of halogens is 3. The van der Waals surface area contributed by atoms with Gasteiger partial charge in [-0.3, -0.25) is 0 Å². The predicted molar refractivity (Wildman–Crippen MR) is 56.6 cm³/mol. The molecule has 0 aliphatic heterocycles. The number of nitriles is 1. The second-order valence-corrected chi connectivity index (χ2v) is 4.17. The van der Waals surface area contributed by atoms with Gasteiger partial charge in [0.15, 0.2) is 0 Å². The predicted octanol–water partition coefficient (Wildman–Crippen LogP) is 3.58. The highest BCUT2D eigenvalue weighted by atomic mass is 127. The molecule has 0 spiro atoms. The topological polar surface area (TPSA) is 23.8 Å². The highest BCUT2D eigenvalue weighted by Crippen LogP contribution is 2.30. The van der Waals surface area contributed by atoms with E-state index in [4.69, 9.17) is 16.9 Å². The van der Waals surface area contributed by atoms with Crippen LogP contribution in [0.25, 0.3) is 0 Å². The standard InChI is InChI=1S/C7H2BrClIN/c8-6-5(10)2-1-4(3-11)7(6)9/h1-2H. The molecule has 1 rings (SSSR count). The molecular weight excluding hydrogens is 340 g/mol. The van der Waals surface area contributed by atoms with Crippen LogP contribution < -0.4 is 0 Å². The summed E-state index contributed by atoms with van der Waals surface area (Å²) in [7, 11) is 0. The third-order valence-electron chi connectivity index (χ3n) is 1.16. The maximum Gasteiger partial charge on any atom is 0.101 e. The highest BCUT2D eigenvalue weighted by Gasteiger charge is 2.06. The van der Waals surface area contributed by atoms with E-state index in [9.17, 15) is 0 Å². The van der Waals surface area contributed by atoms with Crippen molar-refractivity contribution >= 4 is 50.1 Å². The van der Waals surface area contributed by atoms with Crippen molar-refractivity contribution in [1.82, 2.24) is 0 Å². The van der Waals surface area contributed by atoms with Gasteiger partial charge in [0.2, 0.25) is 0 Å². The van der Waals surface area contributed by atoms with Gasteiger partial charge in [0.1, 0.15) is 6.07 Å². The minimum atomic E-state index is 0.486. The molecule has 0 aliphatic carbocycles. The summed E-state index contributed by atoms with van der Waals surface area (Å²) >= 11 is 11.2. The molecular formula is C7H2BrClIN. The zero-order valence-electron chi connectivity index (χ0n) is 5.24. The Hall–Kier alpha value is 0.210. The Morgan fingerprint density at radius 1 is 1.55 bits per heavy atom. The molecule has 0 saturated heterocycles. The molecule has 4 heteroatoms. The zero-order valence-corrected chi connectivity index (χ0v) is 9.74. The van der Waals surface area contributed by atoms with E-state index in [-0.39, 0.29) is 0 Å². The lowest BCUT2D eigenvalue weighted by atomic mass is 10.2. The molecule has 1 aromatic rings. The Morgan fingerprint density at radius 3 is 2.73 bits per heavy atom. The first kappa shape index (κ1) is 9.30. The number of rotatable bonds is 0. The van der Waals surface area contributed by atoms with Crippen LogP contribution in [0.1, 0.15) is 5.56 Å². The average molecular weight is 342 g/mol. The minimum Gasteiger partial charge on any atom is -0.192 e. The molecule has 0 N–H and O–H groups in total. The second-order valence-electron chi connectivity index (χ2n) is 1.83. The van der Waals surface area contributed by atoms with Crippen molar-refractivity contribution in [1.29, 1.82) is 5.26 Å². The van der Waals surface area contributed by atoms with Gasteiger partial charge >= 0.3 is 0 Å². The molecule has 0 radical (unpaired) electrons. The van der Waals surface area contributed by atoms with Crippen LogP contribution in [0.4, 0.5) is 0 Å². The first-order valence-corrected chi connectivity index (χ1v) is 4.95. The molecule has 1 nitrogen and oxygen atoms in total. The summed E-state index contributed by atoms with van der Waals surface area (Å²) < 4.78 is 1.80. The molecule has 11 heavy (non-hydrogen) atoms. The Balaban J connectivity index is 3.40. The molecule has 0 saturated carbocycles. The monoisotopic (exact) mass is 341 g/mol. The molecule has 0 fully saturated rings. The summed E-state index contributed by atoms with van der Waals surface area (Å²) in [4.78, 5) is 0. The molecule has 0 amide bonds. The Morgan fingerprint density at radius 2 is 2.18 bits per heavy atom. The van der Waals surface area contributed by atoms with Crippen LogP contribution in [0.3, 0.4) is 0 Å². The van der Waals surface area contributed by atoms with E-state index in [0.717, 1.165) is 8.04 Å². The van der Waals surface area contributed by atoms with Crippen LogP contribution in [0.2, 0.25) is 5.02 Å². The summed E-state index contributed by atoms with van der Waals surface area (Å²) in [5.41, 5.74) is 0.499. The van der Waals surface area contributed by atoms with Crippen LogP contribution >= 0.6 is 50.1 Å². The summed E-state index contributed by atoms with van der Waals surface area (Å²) in [5, 5.41) is 9.06. The van der Waals surface area contributed by atoms with E-state index in [1.54, 1.807) is 6.07 Å². The van der Waals surface area contributed by atoms with Crippen molar-refractivity contribution < 1.29 is 0 Å². The number of hydrogen-bond donors (Lipinski definition) is 0. The maximum atomic E-state index is 8.58. The highest BCUT2D eigenvalue weighted by molar-refractivity contribution is 14.1. The van der Waals surface area contributed by atoms with Crippen LogP contribution in [0, 0.1) is 14.9 Å². The van der Waals surface area contributed by atoms with Crippen molar-refractivity contribution in [2.24, 2.45) is 0 Å². The molecule has 0 unspecified atom stereocenters. The van der Waals surface area contributed by atoms with E-state index in [0.29, 0.717) is 10.6 Å². The van der Waals surface area contributed by atoms with Crippen molar-refractivity contribution in [3.8, 4) is 6.07 Å². The third kappa shape index (κ3) is 1.86. The number of hydrogen-bond acceptors (Lipinski definition) is 1. The van der Waals surface area contributed by atoms with Gasteiger partial charge in [0.05, 0.1) is 15.1 Å². The van der Waals surface area contributed by atoms with E-state index in [1.165, 1.54) is 0 Å². The van der Waals surface area contributed by atoms with E-state index in [2.05, 4.69) is 38.5 Å². The quantitative estimate of drug-likeness (QED) is 0.522. The van der Waals surface area contributed by atoms with Gasteiger partial charge in [-0.1, -0.05) is 11.6 Å². The Labute approximate surface area is 91.6 Å². The number of nitrogens with zero attached hydrogens (tertiary/aromatic N) is 1. The smallest absolute Gasteiger partial charge is 0.101 e. The summed E-state index contributed by atoms with van der Waals surface area (Å²) in [6.07, 6.45) is 0. The lowest BCUT2D eigenvalue weighted by Gasteiger charge is -1.99. The van der Waals surface area contributed by atoms with Gasteiger partial charge in [-0.2, -0.15) is 5.26 Å². The molecule has 1 aromatic carbocycles. The summed E-state index contributed by atoms with van der Waals surface area (Å²) in [6, 6.07) is 5.54. The lowest BCUT2D eigenvalue weighted by molar-refractivity contribution is 1.46. The summed E-state index contributed by atoms with van der Waals surface area (Å²) in [6.45, 7) is 0. The van der Waals surface area contributed by atoms with Crippen LogP contribution in [-0.2, 0) is 0 Å². The normalized spacial score (nSPS) is 9.27. The van der Waals surface area contributed by atoms with Gasteiger partial charge in [-0.25, -0.2) is 0 Å². The average Bonchev–Trinajstić information content (AvgIpc) is 2.01. The Kier molecular flexibility index (Phi) is 3.16. The SMILES string of the molecule is N#Cc1ccc(I)c(Br)c1Cl. The van der Waals surface area contributed by atoms with Crippen molar-refractivity contribution in [2.45, 2.75) is 0 Å². The van der Waals surface area contributed by atoms with Gasteiger partial charge in [0.25, 0.3) is 0 Å². The van der Waals surface area contributed by atoms with E-state index < -0.39 is 0 Å². The molecule has 0 heterocycles.